The average molecular weight is 227 g/mol. The van der Waals surface area contributed by atoms with Gasteiger partial charge in [0.05, 0.1) is 12.3 Å². The zero-order valence-corrected chi connectivity index (χ0v) is 9.43. The number of carbonyl (C=O) groups excluding carboxylic acids is 1. The summed E-state index contributed by atoms with van der Waals surface area (Å²) in [5.41, 5.74) is 0.893. The zero-order valence-electron chi connectivity index (χ0n) is 8.62. The maximum absolute atomic E-state index is 11.6. The molecule has 1 aromatic heterocycles. The number of fused-ring (bicyclic) bond motifs is 1. The summed E-state index contributed by atoms with van der Waals surface area (Å²) in [4.78, 5) is 11.8. The van der Waals surface area contributed by atoms with Gasteiger partial charge in [-0.05, 0) is 38.4 Å². The van der Waals surface area contributed by atoms with E-state index >= 15 is 0 Å². The first kappa shape index (κ1) is 10.4. The van der Waals surface area contributed by atoms with Crippen LogP contribution in [0.3, 0.4) is 0 Å². The molecule has 1 aliphatic carbocycles. The van der Waals surface area contributed by atoms with E-state index in [2.05, 4.69) is 0 Å². The molecule has 0 N–H and O–H groups in total. The Morgan fingerprint density at radius 3 is 3.00 bits per heavy atom. The van der Waals surface area contributed by atoms with E-state index in [9.17, 15) is 4.79 Å². The van der Waals surface area contributed by atoms with Crippen molar-refractivity contribution in [1.82, 2.24) is 4.57 Å². The summed E-state index contributed by atoms with van der Waals surface area (Å²) in [6.45, 7) is 2.12. The molecule has 0 saturated carbocycles. The van der Waals surface area contributed by atoms with Crippen molar-refractivity contribution < 1.29 is 13.9 Å². The van der Waals surface area contributed by atoms with Crippen molar-refractivity contribution >= 4 is 18.3 Å². The summed E-state index contributed by atoms with van der Waals surface area (Å²) >= 11 is 5.01. The van der Waals surface area contributed by atoms with Crippen LogP contribution in [0.4, 0.5) is 4.79 Å². The molecule has 0 amide bonds. The summed E-state index contributed by atoms with van der Waals surface area (Å²) in [5, 5.41) is 0. The van der Waals surface area contributed by atoms with Gasteiger partial charge in [-0.1, -0.05) is 0 Å². The standard InChI is InChI=1S/C10H13NO3S/c1-2-13-9(12)11-7-5-3-4-6-8(7)14-10(11)15/h2-6H2,1H3. The van der Waals surface area contributed by atoms with E-state index in [-0.39, 0.29) is 4.84 Å². The van der Waals surface area contributed by atoms with Crippen molar-refractivity contribution in [1.29, 1.82) is 0 Å². The summed E-state index contributed by atoms with van der Waals surface area (Å²) in [6, 6.07) is 0. The molecule has 82 valence electrons. The van der Waals surface area contributed by atoms with Crippen molar-refractivity contribution in [2.45, 2.75) is 32.6 Å². The Hall–Kier alpha value is -1.10. The van der Waals surface area contributed by atoms with E-state index in [1.165, 1.54) is 4.57 Å². The van der Waals surface area contributed by atoms with Crippen LogP contribution in [0.25, 0.3) is 0 Å². The number of aryl methyl sites for hydroxylation is 1. The van der Waals surface area contributed by atoms with Crippen LogP contribution in [0.1, 0.15) is 31.2 Å². The highest BCUT2D eigenvalue weighted by Crippen LogP contribution is 2.23. The highest BCUT2D eigenvalue weighted by atomic mass is 32.1. The van der Waals surface area contributed by atoms with Gasteiger partial charge >= 0.3 is 6.09 Å². The predicted molar refractivity (Wildman–Crippen MR) is 56.6 cm³/mol. The first-order chi connectivity index (χ1) is 7.24. The van der Waals surface area contributed by atoms with Gasteiger partial charge in [-0.2, -0.15) is 0 Å². The van der Waals surface area contributed by atoms with E-state index in [0.29, 0.717) is 6.61 Å². The fourth-order valence-electron chi connectivity index (χ4n) is 1.84. The molecule has 0 bridgehead atoms. The van der Waals surface area contributed by atoms with E-state index in [1.54, 1.807) is 6.92 Å². The molecule has 2 rings (SSSR count). The molecule has 4 nitrogen and oxygen atoms in total. The maximum atomic E-state index is 11.6. The maximum Gasteiger partial charge on any atom is 0.421 e. The van der Waals surface area contributed by atoms with Crippen LogP contribution in [-0.2, 0) is 17.6 Å². The first-order valence-corrected chi connectivity index (χ1v) is 5.55. The van der Waals surface area contributed by atoms with Gasteiger partial charge in [0, 0.05) is 6.42 Å². The Bertz CT molecular complexity index is 432. The minimum absolute atomic E-state index is 0.209. The second-order valence-electron chi connectivity index (χ2n) is 3.48. The number of nitrogens with zero attached hydrogens (tertiary/aromatic N) is 1. The molecule has 5 heteroatoms. The normalized spacial score (nSPS) is 14.7. The number of ether oxygens (including phenoxy) is 1. The van der Waals surface area contributed by atoms with Crippen molar-refractivity contribution in [3.8, 4) is 0 Å². The van der Waals surface area contributed by atoms with Gasteiger partial charge in [-0.25, -0.2) is 9.36 Å². The predicted octanol–water partition coefficient (Wildman–Crippen LogP) is 2.69. The third-order valence-electron chi connectivity index (χ3n) is 2.50. The molecule has 0 saturated heterocycles. The number of rotatable bonds is 1. The molecule has 0 radical (unpaired) electrons. The van der Waals surface area contributed by atoms with Crippen LogP contribution in [0.15, 0.2) is 4.42 Å². The molecule has 0 unspecified atom stereocenters. The fraction of sp³-hybridized carbons (Fsp3) is 0.600. The number of carbonyl (C=O) groups is 1. The molecular formula is C10H13NO3S. The zero-order chi connectivity index (χ0) is 10.8. The van der Waals surface area contributed by atoms with Crippen LogP contribution in [-0.4, -0.2) is 17.3 Å². The SMILES string of the molecule is CCOC(=O)n1c2c(oc1=S)CCCC2. The molecule has 15 heavy (non-hydrogen) atoms. The Morgan fingerprint density at radius 2 is 2.27 bits per heavy atom. The fourth-order valence-corrected chi connectivity index (χ4v) is 2.13. The molecule has 0 atom stereocenters. The average Bonchev–Trinajstić information content (AvgIpc) is 2.54. The molecule has 0 aliphatic heterocycles. The number of hydrogen-bond donors (Lipinski definition) is 0. The summed E-state index contributed by atoms with van der Waals surface area (Å²) in [6.07, 6.45) is 3.45. The molecule has 1 aliphatic rings. The van der Waals surface area contributed by atoms with Crippen LogP contribution in [0.2, 0.25) is 0 Å². The third kappa shape index (κ3) is 1.84. The molecule has 0 fully saturated rings. The lowest BCUT2D eigenvalue weighted by molar-refractivity contribution is 0.152. The molecule has 1 heterocycles. The Labute approximate surface area is 92.8 Å². The van der Waals surface area contributed by atoms with E-state index < -0.39 is 6.09 Å². The van der Waals surface area contributed by atoms with Crippen LogP contribution >= 0.6 is 12.2 Å². The second kappa shape index (κ2) is 4.18. The Morgan fingerprint density at radius 1 is 1.53 bits per heavy atom. The van der Waals surface area contributed by atoms with Crippen LogP contribution in [0, 0.1) is 4.84 Å². The summed E-state index contributed by atoms with van der Waals surface area (Å²) < 4.78 is 11.7. The van der Waals surface area contributed by atoms with Gasteiger partial charge in [-0.15, -0.1) is 0 Å². The van der Waals surface area contributed by atoms with Gasteiger partial charge in [0.1, 0.15) is 5.76 Å². The summed E-state index contributed by atoms with van der Waals surface area (Å²) in [5.74, 6) is 0.847. The van der Waals surface area contributed by atoms with E-state index in [0.717, 1.165) is 37.1 Å². The van der Waals surface area contributed by atoms with Gasteiger partial charge in [0.15, 0.2) is 0 Å². The van der Waals surface area contributed by atoms with Crippen molar-refractivity contribution in [2.75, 3.05) is 6.61 Å². The highest BCUT2D eigenvalue weighted by Gasteiger charge is 2.22. The van der Waals surface area contributed by atoms with Crippen molar-refractivity contribution in [3.05, 3.63) is 16.3 Å². The largest absolute Gasteiger partial charge is 0.449 e. The number of hydrogen-bond acceptors (Lipinski definition) is 4. The van der Waals surface area contributed by atoms with E-state index in [1.807, 2.05) is 0 Å². The molecule has 0 aromatic carbocycles. The number of oxazole rings is 1. The lowest BCUT2D eigenvalue weighted by Gasteiger charge is -2.11. The Balaban J connectivity index is 2.42. The monoisotopic (exact) mass is 227 g/mol. The van der Waals surface area contributed by atoms with Crippen LogP contribution in [0.5, 0.6) is 0 Å². The molecule has 0 spiro atoms. The lowest BCUT2D eigenvalue weighted by atomic mass is 10.0. The highest BCUT2D eigenvalue weighted by molar-refractivity contribution is 7.71. The minimum Gasteiger partial charge on any atom is -0.449 e. The Kier molecular flexibility index (Phi) is 2.90. The lowest BCUT2D eigenvalue weighted by Crippen LogP contribution is -2.18. The van der Waals surface area contributed by atoms with Crippen LogP contribution < -0.4 is 0 Å². The quantitative estimate of drug-likeness (QED) is 0.692. The van der Waals surface area contributed by atoms with Gasteiger partial charge in [-0.3, -0.25) is 0 Å². The third-order valence-corrected chi connectivity index (χ3v) is 2.77. The van der Waals surface area contributed by atoms with Gasteiger partial charge in [0.25, 0.3) is 4.84 Å². The van der Waals surface area contributed by atoms with Crippen molar-refractivity contribution in [3.63, 3.8) is 0 Å². The van der Waals surface area contributed by atoms with Gasteiger partial charge < -0.3 is 9.15 Å². The molecule has 1 aromatic rings. The first-order valence-electron chi connectivity index (χ1n) is 5.14. The minimum atomic E-state index is -0.422. The van der Waals surface area contributed by atoms with Crippen molar-refractivity contribution in [2.24, 2.45) is 0 Å². The van der Waals surface area contributed by atoms with E-state index in [4.69, 9.17) is 21.4 Å². The van der Waals surface area contributed by atoms with Gasteiger partial charge in [0.2, 0.25) is 0 Å². The summed E-state index contributed by atoms with van der Waals surface area (Å²) in [7, 11) is 0. The topological polar surface area (TPSA) is 44.4 Å². The number of aromatic nitrogens is 1. The second-order valence-corrected chi connectivity index (χ2v) is 3.83. The molecular weight excluding hydrogens is 214 g/mol. The smallest absolute Gasteiger partial charge is 0.421 e.